The number of methoxy groups -OCH3 is 2. The number of ether oxygens (including phenoxy) is 3. The Bertz CT molecular complexity index is 436. The molecule has 0 aliphatic heterocycles. The maximum absolute atomic E-state index is 11.5. The molecular weight excluding hydrogens is 244 g/mol. The molecule has 1 aliphatic carbocycles. The number of hydrogen-bond acceptors (Lipinski definition) is 4. The average Bonchev–Trinajstić information content (AvgIpc) is 2.47. The molecule has 1 saturated carbocycles. The van der Waals surface area contributed by atoms with Gasteiger partial charge in [-0.05, 0) is 43.9 Å². The molecule has 2 rings (SSSR count). The molecule has 1 aromatic rings. The fourth-order valence-corrected chi connectivity index (χ4v) is 2.38. The van der Waals surface area contributed by atoms with E-state index >= 15 is 0 Å². The molecule has 0 N–H and O–H groups in total. The first-order chi connectivity index (χ1) is 9.24. The van der Waals surface area contributed by atoms with Gasteiger partial charge in [-0.1, -0.05) is 6.42 Å². The first-order valence-electron chi connectivity index (χ1n) is 6.67. The summed E-state index contributed by atoms with van der Waals surface area (Å²) < 4.78 is 16.0. The molecule has 0 unspecified atom stereocenters. The molecule has 104 valence electrons. The predicted octanol–water partition coefficient (Wildman–Crippen LogP) is 3.19. The smallest absolute Gasteiger partial charge is 0.337 e. The second kappa shape index (κ2) is 6.45. The molecule has 4 heteroatoms. The molecule has 0 spiro atoms. The van der Waals surface area contributed by atoms with Crippen LogP contribution in [0.15, 0.2) is 18.2 Å². The van der Waals surface area contributed by atoms with Crippen molar-refractivity contribution in [3.8, 4) is 11.5 Å². The molecule has 0 amide bonds. The summed E-state index contributed by atoms with van der Waals surface area (Å²) in [5.41, 5.74) is 0.481. The molecule has 0 saturated heterocycles. The van der Waals surface area contributed by atoms with Crippen LogP contribution in [0.1, 0.15) is 42.5 Å². The highest BCUT2D eigenvalue weighted by atomic mass is 16.5. The Kier molecular flexibility index (Phi) is 4.66. The van der Waals surface area contributed by atoms with Gasteiger partial charge in [0.25, 0.3) is 0 Å². The third-order valence-electron chi connectivity index (χ3n) is 3.43. The minimum atomic E-state index is -0.365. The van der Waals surface area contributed by atoms with Crippen molar-refractivity contribution in [1.82, 2.24) is 0 Å². The van der Waals surface area contributed by atoms with Crippen molar-refractivity contribution >= 4 is 5.97 Å². The van der Waals surface area contributed by atoms with Crippen molar-refractivity contribution in [2.45, 2.75) is 38.2 Å². The first kappa shape index (κ1) is 13.7. The molecule has 0 bridgehead atoms. The zero-order valence-corrected chi connectivity index (χ0v) is 11.5. The monoisotopic (exact) mass is 264 g/mol. The number of carbonyl (C=O) groups is 1. The summed E-state index contributed by atoms with van der Waals surface area (Å²) in [6.07, 6.45) is 6.01. The summed E-state index contributed by atoms with van der Waals surface area (Å²) >= 11 is 0. The predicted molar refractivity (Wildman–Crippen MR) is 71.8 cm³/mol. The van der Waals surface area contributed by atoms with Gasteiger partial charge in [-0.15, -0.1) is 0 Å². The van der Waals surface area contributed by atoms with E-state index in [1.54, 1.807) is 25.3 Å². The molecule has 0 heterocycles. The van der Waals surface area contributed by atoms with E-state index in [0.717, 1.165) is 12.8 Å². The van der Waals surface area contributed by atoms with E-state index < -0.39 is 0 Å². The summed E-state index contributed by atoms with van der Waals surface area (Å²) in [4.78, 5) is 11.5. The van der Waals surface area contributed by atoms with Crippen LogP contribution in [0.2, 0.25) is 0 Å². The maximum atomic E-state index is 11.5. The van der Waals surface area contributed by atoms with E-state index in [9.17, 15) is 4.79 Å². The lowest BCUT2D eigenvalue weighted by molar-refractivity contribution is 0.0599. The van der Waals surface area contributed by atoms with Crippen LogP contribution in [0.3, 0.4) is 0 Å². The SMILES string of the molecule is COC(=O)c1ccc(OC)c(OC2CCCCC2)c1. The maximum Gasteiger partial charge on any atom is 0.337 e. The Morgan fingerprint density at radius 2 is 1.84 bits per heavy atom. The topological polar surface area (TPSA) is 44.8 Å². The molecule has 4 nitrogen and oxygen atoms in total. The van der Waals surface area contributed by atoms with Gasteiger partial charge in [-0.25, -0.2) is 4.79 Å². The van der Waals surface area contributed by atoms with Gasteiger partial charge < -0.3 is 14.2 Å². The van der Waals surface area contributed by atoms with Crippen molar-refractivity contribution in [3.63, 3.8) is 0 Å². The lowest BCUT2D eigenvalue weighted by Crippen LogP contribution is -2.20. The van der Waals surface area contributed by atoms with Crippen LogP contribution in [0.25, 0.3) is 0 Å². The molecule has 19 heavy (non-hydrogen) atoms. The second-order valence-electron chi connectivity index (χ2n) is 4.74. The fourth-order valence-electron chi connectivity index (χ4n) is 2.38. The van der Waals surface area contributed by atoms with Gasteiger partial charge in [-0.3, -0.25) is 0 Å². The van der Waals surface area contributed by atoms with E-state index in [-0.39, 0.29) is 12.1 Å². The van der Waals surface area contributed by atoms with Crippen LogP contribution in [-0.4, -0.2) is 26.3 Å². The Morgan fingerprint density at radius 1 is 1.11 bits per heavy atom. The summed E-state index contributed by atoms with van der Waals surface area (Å²) in [5.74, 6) is 0.909. The van der Waals surface area contributed by atoms with Gasteiger partial charge in [0, 0.05) is 0 Å². The van der Waals surface area contributed by atoms with Crippen molar-refractivity contribution in [3.05, 3.63) is 23.8 Å². The first-order valence-corrected chi connectivity index (χ1v) is 6.67. The number of rotatable bonds is 4. The largest absolute Gasteiger partial charge is 0.493 e. The number of carbonyl (C=O) groups excluding carboxylic acids is 1. The van der Waals surface area contributed by atoms with Crippen molar-refractivity contribution in [2.75, 3.05) is 14.2 Å². The molecular formula is C15H20O4. The van der Waals surface area contributed by atoms with E-state index in [1.165, 1.54) is 26.4 Å². The highest BCUT2D eigenvalue weighted by molar-refractivity contribution is 5.90. The van der Waals surface area contributed by atoms with E-state index in [0.29, 0.717) is 17.1 Å². The third-order valence-corrected chi connectivity index (χ3v) is 3.43. The van der Waals surface area contributed by atoms with Crippen LogP contribution in [0, 0.1) is 0 Å². The van der Waals surface area contributed by atoms with Crippen molar-refractivity contribution < 1.29 is 19.0 Å². The van der Waals surface area contributed by atoms with Crippen molar-refractivity contribution in [1.29, 1.82) is 0 Å². The Morgan fingerprint density at radius 3 is 2.47 bits per heavy atom. The second-order valence-corrected chi connectivity index (χ2v) is 4.74. The molecule has 0 radical (unpaired) electrons. The van der Waals surface area contributed by atoms with Gasteiger partial charge in [-0.2, -0.15) is 0 Å². The summed E-state index contributed by atoms with van der Waals surface area (Å²) in [6, 6.07) is 5.11. The fraction of sp³-hybridized carbons (Fsp3) is 0.533. The van der Waals surface area contributed by atoms with Gasteiger partial charge in [0.05, 0.1) is 25.9 Å². The van der Waals surface area contributed by atoms with E-state index in [4.69, 9.17) is 14.2 Å². The number of hydrogen-bond donors (Lipinski definition) is 0. The van der Waals surface area contributed by atoms with Crippen LogP contribution < -0.4 is 9.47 Å². The van der Waals surface area contributed by atoms with E-state index in [2.05, 4.69) is 0 Å². The van der Waals surface area contributed by atoms with Crippen molar-refractivity contribution in [2.24, 2.45) is 0 Å². The molecule has 1 fully saturated rings. The molecule has 0 aromatic heterocycles. The Labute approximate surface area is 113 Å². The molecule has 1 aliphatic rings. The molecule has 1 aromatic carbocycles. The van der Waals surface area contributed by atoms with Crippen LogP contribution in [0.5, 0.6) is 11.5 Å². The van der Waals surface area contributed by atoms with E-state index in [1.807, 2.05) is 0 Å². The number of benzene rings is 1. The summed E-state index contributed by atoms with van der Waals surface area (Å²) in [7, 11) is 2.97. The summed E-state index contributed by atoms with van der Waals surface area (Å²) in [5, 5.41) is 0. The lowest BCUT2D eigenvalue weighted by atomic mass is 9.98. The number of esters is 1. The minimum absolute atomic E-state index is 0.218. The highest BCUT2D eigenvalue weighted by Gasteiger charge is 2.18. The Balaban J connectivity index is 2.17. The van der Waals surface area contributed by atoms with Crippen LogP contribution in [-0.2, 0) is 4.74 Å². The molecule has 0 atom stereocenters. The van der Waals surface area contributed by atoms with Gasteiger partial charge in [0.1, 0.15) is 0 Å². The normalized spacial score (nSPS) is 15.9. The standard InChI is InChI=1S/C15H20O4/c1-17-13-9-8-11(15(16)18-2)10-14(13)19-12-6-4-3-5-7-12/h8-10,12H,3-7H2,1-2H3. The zero-order chi connectivity index (χ0) is 13.7. The van der Waals surface area contributed by atoms with Crippen LogP contribution in [0.4, 0.5) is 0 Å². The third kappa shape index (κ3) is 3.40. The van der Waals surface area contributed by atoms with Gasteiger partial charge >= 0.3 is 5.97 Å². The minimum Gasteiger partial charge on any atom is -0.493 e. The highest BCUT2D eigenvalue weighted by Crippen LogP contribution is 2.32. The van der Waals surface area contributed by atoms with Gasteiger partial charge in [0.15, 0.2) is 11.5 Å². The lowest BCUT2D eigenvalue weighted by Gasteiger charge is -2.24. The quantitative estimate of drug-likeness (QED) is 0.783. The Hall–Kier alpha value is -1.71. The van der Waals surface area contributed by atoms with Crippen LogP contribution >= 0.6 is 0 Å². The average molecular weight is 264 g/mol. The zero-order valence-electron chi connectivity index (χ0n) is 11.5. The van der Waals surface area contributed by atoms with Gasteiger partial charge in [0.2, 0.25) is 0 Å². The summed E-state index contributed by atoms with van der Waals surface area (Å²) in [6.45, 7) is 0.